The average Bonchev–Trinajstić information content (AvgIpc) is 3.10. The highest BCUT2D eigenvalue weighted by Crippen LogP contribution is 2.08. The third-order valence-corrected chi connectivity index (χ3v) is 5.68. The highest BCUT2D eigenvalue weighted by molar-refractivity contribution is 5.79. The molecule has 1 aromatic heterocycles. The molecule has 7 heteroatoms. The number of aryl methyl sites for hydroxylation is 3. The average molecular weight is 426 g/mol. The molecule has 0 unspecified atom stereocenters. The molecule has 31 heavy (non-hydrogen) atoms. The summed E-state index contributed by atoms with van der Waals surface area (Å²) in [6, 6.07) is 12.9. The smallest absolute Gasteiger partial charge is 0.191 e. The molecule has 170 valence electrons. The normalized spacial score (nSPS) is 15.9. The lowest BCUT2D eigenvalue weighted by Gasteiger charge is -2.34. The zero-order valence-corrected chi connectivity index (χ0v) is 19.5. The van der Waals surface area contributed by atoms with Gasteiger partial charge in [0.05, 0.1) is 5.69 Å². The number of hydrogen-bond acceptors (Lipinski definition) is 4. The van der Waals surface area contributed by atoms with Crippen LogP contribution in [0.1, 0.15) is 30.3 Å². The Kier molecular flexibility index (Phi) is 9.37. The van der Waals surface area contributed by atoms with Gasteiger partial charge in [-0.15, -0.1) is 0 Å². The van der Waals surface area contributed by atoms with E-state index in [1.165, 1.54) is 11.3 Å². The summed E-state index contributed by atoms with van der Waals surface area (Å²) in [6.07, 6.45) is 0.988. The molecule has 0 amide bonds. The highest BCUT2D eigenvalue weighted by Gasteiger charge is 2.16. The quantitative estimate of drug-likeness (QED) is 0.347. The molecule has 0 atom stereocenters. The van der Waals surface area contributed by atoms with E-state index >= 15 is 0 Å². The number of nitrogens with zero attached hydrogens (tertiary/aromatic N) is 5. The summed E-state index contributed by atoms with van der Waals surface area (Å²) in [6.45, 7) is 16.4. The summed E-state index contributed by atoms with van der Waals surface area (Å²) in [5, 5.41) is 11.4. The molecule has 2 aromatic rings. The second-order valence-corrected chi connectivity index (χ2v) is 8.29. The molecule has 0 saturated carbocycles. The number of hydrogen-bond donors (Lipinski definition) is 2. The third-order valence-electron chi connectivity index (χ3n) is 5.68. The predicted octanol–water partition coefficient (Wildman–Crippen LogP) is 2.26. The molecule has 0 aliphatic carbocycles. The second kappa shape index (κ2) is 12.5. The number of rotatable bonds is 10. The van der Waals surface area contributed by atoms with Crippen LogP contribution in [0.3, 0.4) is 0 Å². The number of benzene rings is 1. The van der Waals surface area contributed by atoms with Gasteiger partial charge in [0.15, 0.2) is 5.96 Å². The zero-order chi connectivity index (χ0) is 21.9. The van der Waals surface area contributed by atoms with E-state index in [9.17, 15) is 0 Å². The fourth-order valence-electron chi connectivity index (χ4n) is 4.00. The molecule has 1 aliphatic rings. The van der Waals surface area contributed by atoms with Gasteiger partial charge in [0.2, 0.25) is 0 Å². The number of piperazine rings is 1. The van der Waals surface area contributed by atoms with Crippen LogP contribution in [0.15, 0.2) is 41.4 Å². The number of aromatic nitrogens is 2. The van der Waals surface area contributed by atoms with E-state index < -0.39 is 0 Å². The largest absolute Gasteiger partial charge is 0.357 e. The van der Waals surface area contributed by atoms with Crippen molar-refractivity contribution in [1.29, 1.82) is 0 Å². The molecule has 1 aliphatic heterocycles. The van der Waals surface area contributed by atoms with E-state index in [1.54, 1.807) is 0 Å². The monoisotopic (exact) mass is 425 g/mol. The van der Waals surface area contributed by atoms with E-state index in [1.807, 2.05) is 6.92 Å². The zero-order valence-electron chi connectivity index (χ0n) is 19.5. The standard InChI is InChI=1S/C24H39N7/c1-4-25-24(26-11-8-13-31-22(3)19-21(2)28-31)27-12-14-29-15-17-30(18-16-29)20-23-9-6-5-7-10-23/h5-7,9-10,19H,4,8,11-18,20H2,1-3H3,(H2,25,26,27). The van der Waals surface area contributed by atoms with Gasteiger partial charge < -0.3 is 10.6 Å². The second-order valence-electron chi connectivity index (χ2n) is 8.29. The number of aliphatic imine (C=N–C) groups is 1. The molecule has 1 fully saturated rings. The Morgan fingerprint density at radius 3 is 2.42 bits per heavy atom. The van der Waals surface area contributed by atoms with E-state index in [2.05, 4.69) is 80.5 Å². The van der Waals surface area contributed by atoms with Gasteiger partial charge in [-0.1, -0.05) is 30.3 Å². The van der Waals surface area contributed by atoms with E-state index in [0.29, 0.717) is 0 Å². The van der Waals surface area contributed by atoms with Gasteiger partial charge in [0.25, 0.3) is 0 Å². The van der Waals surface area contributed by atoms with Crippen LogP contribution in [0, 0.1) is 13.8 Å². The van der Waals surface area contributed by atoms with Crippen LogP contribution >= 0.6 is 0 Å². The Hall–Kier alpha value is -2.38. The van der Waals surface area contributed by atoms with Crippen LogP contribution in [0.25, 0.3) is 0 Å². The summed E-state index contributed by atoms with van der Waals surface area (Å²) >= 11 is 0. The maximum absolute atomic E-state index is 4.73. The Morgan fingerprint density at radius 1 is 1.00 bits per heavy atom. The van der Waals surface area contributed by atoms with Gasteiger partial charge in [-0.25, -0.2) is 0 Å². The van der Waals surface area contributed by atoms with Crippen molar-refractivity contribution < 1.29 is 0 Å². The minimum absolute atomic E-state index is 0.797. The van der Waals surface area contributed by atoms with Crippen LogP contribution in [0.4, 0.5) is 0 Å². The Labute approximate surface area is 187 Å². The molecule has 2 N–H and O–H groups in total. The molecular formula is C24H39N7. The van der Waals surface area contributed by atoms with Gasteiger partial charge in [-0.05, 0) is 38.8 Å². The maximum Gasteiger partial charge on any atom is 0.191 e. The molecule has 0 bridgehead atoms. The summed E-state index contributed by atoms with van der Waals surface area (Å²) in [5.74, 6) is 0.915. The molecule has 0 radical (unpaired) electrons. The maximum atomic E-state index is 4.73. The Bertz CT molecular complexity index is 792. The lowest BCUT2D eigenvalue weighted by Crippen LogP contribution is -2.49. The van der Waals surface area contributed by atoms with E-state index in [4.69, 9.17) is 4.99 Å². The van der Waals surface area contributed by atoms with Gasteiger partial charge in [0.1, 0.15) is 0 Å². The lowest BCUT2D eigenvalue weighted by atomic mass is 10.2. The van der Waals surface area contributed by atoms with Crippen molar-refractivity contribution in [2.24, 2.45) is 4.99 Å². The Morgan fingerprint density at radius 2 is 1.74 bits per heavy atom. The van der Waals surface area contributed by atoms with E-state index in [-0.39, 0.29) is 0 Å². The fraction of sp³-hybridized carbons (Fsp3) is 0.583. The lowest BCUT2D eigenvalue weighted by molar-refractivity contribution is 0.129. The fourth-order valence-corrected chi connectivity index (χ4v) is 4.00. The first-order chi connectivity index (χ1) is 15.1. The molecule has 1 saturated heterocycles. The van der Waals surface area contributed by atoms with Crippen molar-refractivity contribution in [3.8, 4) is 0 Å². The first-order valence-corrected chi connectivity index (χ1v) is 11.7. The highest BCUT2D eigenvalue weighted by atomic mass is 15.3. The predicted molar refractivity (Wildman–Crippen MR) is 128 cm³/mol. The number of guanidine groups is 1. The Balaban J connectivity index is 1.32. The van der Waals surface area contributed by atoms with E-state index in [0.717, 1.165) is 83.5 Å². The van der Waals surface area contributed by atoms with Crippen LogP contribution in [-0.2, 0) is 13.1 Å². The van der Waals surface area contributed by atoms with Crippen molar-refractivity contribution >= 4 is 5.96 Å². The van der Waals surface area contributed by atoms with Gasteiger partial charge in [0, 0.05) is 71.1 Å². The topological polar surface area (TPSA) is 60.7 Å². The minimum Gasteiger partial charge on any atom is -0.357 e. The van der Waals surface area contributed by atoms with Gasteiger partial charge in [-0.2, -0.15) is 5.10 Å². The SMILES string of the molecule is CCNC(=NCCCn1nc(C)cc1C)NCCN1CCN(Cc2ccccc2)CC1. The summed E-state index contributed by atoms with van der Waals surface area (Å²) in [4.78, 5) is 9.82. The van der Waals surface area contributed by atoms with Crippen molar-refractivity contribution in [1.82, 2.24) is 30.2 Å². The van der Waals surface area contributed by atoms with Gasteiger partial charge in [-0.3, -0.25) is 19.5 Å². The minimum atomic E-state index is 0.797. The van der Waals surface area contributed by atoms with Crippen LogP contribution in [-0.4, -0.2) is 77.9 Å². The van der Waals surface area contributed by atoms with Crippen LogP contribution < -0.4 is 10.6 Å². The summed E-state index contributed by atoms with van der Waals surface area (Å²) < 4.78 is 2.07. The first kappa shape index (κ1) is 23.3. The first-order valence-electron chi connectivity index (χ1n) is 11.7. The third kappa shape index (κ3) is 7.99. The van der Waals surface area contributed by atoms with Gasteiger partial charge >= 0.3 is 0 Å². The summed E-state index contributed by atoms with van der Waals surface area (Å²) in [7, 11) is 0. The van der Waals surface area contributed by atoms with Crippen molar-refractivity contribution in [3.63, 3.8) is 0 Å². The molecule has 3 rings (SSSR count). The molecule has 0 spiro atoms. The molecular weight excluding hydrogens is 386 g/mol. The van der Waals surface area contributed by atoms with Crippen molar-refractivity contribution in [2.75, 3.05) is 52.4 Å². The molecule has 7 nitrogen and oxygen atoms in total. The molecule has 1 aromatic carbocycles. The van der Waals surface area contributed by atoms with Crippen LogP contribution in [0.5, 0.6) is 0 Å². The number of nitrogens with one attached hydrogen (secondary N) is 2. The van der Waals surface area contributed by atoms with Crippen molar-refractivity contribution in [2.45, 2.75) is 40.3 Å². The van der Waals surface area contributed by atoms with Crippen molar-refractivity contribution in [3.05, 3.63) is 53.3 Å². The molecule has 2 heterocycles. The van der Waals surface area contributed by atoms with Crippen LogP contribution in [0.2, 0.25) is 0 Å². The summed E-state index contributed by atoms with van der Waals surface area (Å²) in [5.41, 5.74) is 3.70.